The minimum absolute atomic E-state index is 0.602. The Morgan fingerprint density at radius 3 is 1.67 bits per heavy atom. The zero-order valence-electron chi connectivity index (χ0n) is 8.54. The molecule has 2 rings (SSSR count). The summed E-state index contributed by atoms with van der Waals surface area (Å²) in [5, 5.41) is 1.02. The van der Waals surface area contributed by atoms with Gasteiger partial charge >= 0.3 is 0 Å². The van der Waals surface area contributed by atoms with E-state index < -0.39 is 0 Å². The molecule has 0 saturated carbocycles. The van der Waals surface area contributed by atoms with Gasteiger partial charge in [0.25, 0.3) is 0 Å². The van der Waals surface area contributed by atoms with Crippen molar-refractivity contribution in [3.05, 3.63) is 0 Å². The van der Waals surface area contributed by atoms with E-state index in [1.165, 1.54) is 5.75 Å². The topological polar surface area (TPSA) is 12.5 Å². The molecule has 0 aromatic carbocycles. The van der Waals surface area contributed by atoms with Crippen molar-refractivity contribution in [2.45, 2.75) is 39.0 Å². The van der Waals surface area contributed by atoms with Gasteiger partial charge in [-0.05, 0) is 11.8 Å². The highest BCUT2D eigenvalue weighted by molar-refractivity contribution is 8.06. The first-order valence-corrected chi connectivity index (χ1v) is 5.89. The Kier molecular flexibility index (Phi) is 3.91. The molecule has 0 bridgehead atoms. The molecule has 0 N–H and O–H groups in total. The maximum atomic E-state index is 4.97. The third kappa shape index (κ3) is 4.36. The molecule has 12 heavy (non-hydrogen) atoms. The van der Waals surface area contributed by atoms with Crippen LogP contribution in [-0.2, 0) is 4.74 Å². The van der Waals surface area contributed by atoms with E-state index in [1.54, 1.807) is 0 Å². The summed E-state index contributed by atoms with van der Waals surface area (Å²) >= 11 is 2.08. The number of rotatable bonds is 2. The molecule has 2 aliphatic rings. The molecule has 2 saturated heterocycles. The van der Waals surface area contributed by atoms with Crippen molar-refractivity contribution < 1.29 is 4.74 Å². The summed E-state index contributed by atoms with van der Waals surface area (Å²) < 4.78 is 4.97. The summed E-state index contributed by atoms with van der Waals surface area (Å²) in [4.78, 5) is 0. The third-order valence-electron chi connectivity index (χ3n) is 2.21. The minimum atomic E-state index is 0.602. The van der Waals surface area contributed by atoms with Gasteiger partial charge in [-0.3, -0.25) is 0 Å². The van der Waals surface area contributed by atoms with Crippen molar-refractivity contribution in [3.63, 3.8) is 0 Å². The fraction of sp³-hybridized carbons (Fsp3) is 1.00. The summed E-state index contributed by atoms with van der Waals surface area (Å²) in [6.45, 7) is 9.92. The largest absolute Gasteiger partial charge is 0.373 e. The van der Waals surface area contributed by atoms with Crippen molar-refractivity contribution in [2.24, 2.45) is 11.8 Å². The SMILES string of the molecule is CC(C)C1CO1.CC(C)C1CS1. The van der Waals surface area contributed by atoms with Crippen LogP contribution in [0.15, 0.2) is 0 Å². The molecule has 2 aliphatic heterocycles. The summed E-state index contributed by atoms with van der Waals surface area (Å²) in [6, 6.07) is 0. The standard InChI is InChI=1S/C5H10O.C5H10S/c2*1-4(2)5-3-6-5/h2*4-5H,3H2,1-2H3. The van der Waals surface area contributed by atoms with E-state index in [0.717, 1.165) is 23.7 Å². The van der Waals surface area contributed by atoms with Gasteiger partial charge in [0.05, 0.1) is 12.7 Å². The van der Waals surface area contributed by atoms with Gasteiger partial charge in [-0.25, -0.2) is 0 Å². The van der Waals surface area contributed by atoms with E-state index in [-0.39, 0.29) is 0 Å². The summed E-state index contributed by atoms with van der Waals surface area (Å²) in [5.74, 6) is 3.08. The van der Waals surface area contributed by atoms with Crippen molar-refractivity contribution in [3.8, 4) is 0 Å². The first kappa shape index (κ1) is 10.4. The van der Waals surface area contributed by atoms with Crippen LogP contribution in [-0.4, -0.2) is 23.7 Å². The lowest BCUT2D eigenvalue weighted by Gasteiger charge is -1.92. The van der Waals surface area contributed by atoms with Gasteiger partial charge in [0, 0.05) is 11.0 Å². The van der Waals surface area contributed by atoms with Gasteiger partial charge in [-0.1, -0.05) is 27.7 Å². The quantitative estimate of drug-likeness (QED) is 0.618. The molecule has 2 unspecified atom stereocenters. The van der Waals surface area contributed by atoms with Crippen LogP contribution in [0.2, 0.25) is 0 Å². The van der Waals surface area contributed by atoms with Crippen molar-refractivity contribution in [1.82, 2.24) is 0 Å². The van der Waals surface area contributed by atoms with Crippen LogP contribution in [0, 0.1) is 11.8 Å². The van der Waals surface area contributed by atoms with Crippen LogP contribution in [0.5, 0.6) is 0 Å². The van der Waals surface area contributed by atoms with E-state index >= 15 is 0 Å². The molecular weight excluding hydrogens is 168 g/mol. The smallest absolute Gasteiger partial charge is 0.0832 e. The van der Waals surface area contributed by atoms with E-state index in [2.05, 4.69) is 39.5 Å². The van der Waals surface area contributed by atoms with Gasteiger partial charge in [-0.15, -0.1) is 0 Å². The molecule has 0 aromatic heterocycles. The highest BCUT2D eigenvalue weighted by atomic mass is 32.2. The highest BCUT2D eigenvalue weighted by Gasteiger charge is 2.25. The lowest BCUT2D eigenvalue weighted by atomic mass is 10.2. The number of hydrogen-bond acceptors (Lipinski definition) is 2. The average molecular weight is 188 g/mol. The Morgan fingerprint density at radius 2 is 1.67 bits per heavy atom. The molecule has 2 heteroatoms. The highest BCUT2D eigenvalue weighted by Crippen LogP contribution is 2.35. The number of hydrogen-bond donors (Lipinski definition) is 0. The Labute approximate surface area is 80.3 Å². The second-order valence-corrected chi connectivity index (χ2v) is 5.50. The van der Waals surface area contributed by atoms with Crippen molar-refractivity contribution >= 4 is 11.8 Å². The van der Waals surface area contributed by atoms with E-state index in [4.69, 9.17) is 4.74 Å². The predicted octanol–water partition coefficient (Wildman–Crippen LogP) is 2.80. The fourth-order valence-corrected chi connectivity index (χ4v) is 1.76. The second kappa shape index (κ2) is 4.52. The molecule has 0 radical (unpaired) electrons. The van der Waals surface area contributed by atoms with Crippen LogP contribution >= 0.6 is 11.8 Å². The maximum absolute atomic E-state index is 4.97. The summed E-state index contributed by atoms with van der Waals surface area (Å²) in [7, 11) is 0. The lowest BCUT2D eigenvalue weighted by Crippen LogP contribution is -1.94. The van der Waals surface area contributed by atoms with Gasteiger partial charge in [0.1, 0.15) is 0 Å². The summed E-state index contributed by atoms with van der Waals surface area (Å²) in [5.41, 5.74) is 0. The van der Waals surface area contributed by atoms with E-state index in [0.29, 0.717) is 6.10 Å². The molecule has 1 nitrogen and oxygen atoms in total. The first-order chi connectivity index (χ1) is 5.61. The third-order valence-corrected chi connectivity index (χ3v) is 3.47. The normalized spacial score (nSPS) is 31.5. The van der Waals surface area contributed by atoms with Crippen LogP contribution in [0.4, 0.5) is 0 Å². The number of epoxide rings is 1. The van der Waals surface area contributed by atoms with E-state index in [1.807, 2.05) is 0 Å². The van der Waals surface area contributed by atoms with Crippen LogP contribution in [0.3, 0.4) is 0 Å². The predicted molar refractivity (Wildman–Crippen MR) is 55.7 cm³/mol. The van der Waals surface area contributed by atoms with E-state index in [9.17, 15) is 0 Å². The Morgan fingerprint density at radius 1 is 1.17 bits per heavy atom. The molecule has 72 valence electrons. The Hall–Kier alpha value is 0.310. The summed E-state index contributed by atoms with van der Waals surface area (Å²) in [6.07, 6.45) is 0.602. The van der Waals surface area contributed by atoms with Crippen LogP contribution in [0.25, 0.3) is 0 Å². The van der Waals surface area contributed by atoms with Crippen molar-refractivity contribution in [1.29, 1.82) is 0 Å². The molecule has 0 aliphatic carbocycles. The van der Waals surface area contributed by atoms with Crippen LogP contribution < -0.4 is 0 Å². The zero-order valence-corrected chi connectivity index (χ0v) is 9.36. The molecule has 0 amide bonds. The molecule has 2 atom stereocenters. The first-order valence-electron chi connectivity index (χ1n) is 4.84. The average Bonchev–Trinajstić information content (AvgIpc) is 2.85. The molecular formula is C10H20OS. The number of ether oxygens (including phenoxy) is 1. The van der Waals surface area contributed by atoms with Gasteiger partial charge in [-0.2, -0.15) is 11.8 Å². The monoisotopic (exact) mass is 188 g/mol. The Bertz CT molecular complexity index is 110. The van der Waals surface area contributed by atoms with Gasteiger partial charge in [0.15, 0.2) is 0 Å². The molecule has 0 spiro atoms. The van der Waals surface area contributed by atoms with Gasteiger partial charge in [0.2, 0.25) is 0 Å². The Balaban J connectivity index is 0.000000120. The van der Waals surface area contributed by atoms with Crippen LogP contribution in [0.1, 0.15) is 27.7 Å². The maximum Gasteiger partial charge on any atom is 0.0832 e. The fourth-order valence-electron chi connectivity index (χ4n) is 0.881. The molecule has 0 aromatic rings. The molecule has 2 fully saturated rings. The minimum Gasteiger partial charge on any atom is -0.373 e. The lowest BCUT2D eigenvalue weighted by molar-refractivity contribution is 0.356. The van der Waals surface area contributed by atoms with Crippen molar-refractivity contribution in [2.75, 3.05) is 12.4 Å². The second-order valence-electron chi connectivity index (χ2n) is 4.23. The zero-order chi connectivity index (χ0) is 9.14. The number of thioether (sulfide) groups is 1. The molecule has 2 heterocycles. The van der Waals surface area contributed by atoms with Gasteiger partial charge < -0.3 is 4.74 Å².